The van der Waals surface area contributed by atoms with Gasteiger partial charge in [-0.25, -0.2) is 0 Å². The lowest BCUT2D eigenvalue weighted by molar-refractivity contribution is -0.161. The van der Waals surface area contributed by atoms with E-state index in [0.717, 1.165) is 0 Å². The van der Waals surface area contributed by atoms with Gasteiger partial charge in [0.05, 0.1) is 31.1 Å². The molecule has 32 heavy (non-hydrogen) atoms. The van der Waals surface area contributed by atoms with Gasteiger partial charge in [0.15, 0.2) is 6.61 Å². The lowest BCUT2D eigenvalue weighted by atomic mass is 9.88. The molecule has 11 heteroatoms. The molecule has 0 aliphatic carbocycles. The van der Waals surface area contributed by atoms with E-state index < -0.39 is 23.3 Å². The predicted octanol–water partition coefficient (Wildman–Crippen LogP) is 2.34. The Hall–Kier alpha value is -1.51. The number of terminal acetylenes is 1. The lowest BCUT2D eigenvalue weighted by Gasteiger charge is -2.31. The summed E-state index contributed by atoms with van der Waals surface area (Å²) in [4.78, 5) is 47.0. The van der Waals surface area contributed by atoms with Crippen LogP contribution in [-0.2, 0) is 38.1 Å². The average Bonchev–Trinajstić information content (AvgIpc) is 2.77. The van der Waals surface area contributed by atoms with E-state index in [9.17, 15) is 19.2 Å². The fraction of sp³-hybridized carbons (Fsp3) is 0.714. The quantitative estimate of drug-likeness (QED) is 0.0949. The number of rotatable bonds is 18. The lowest BCUT2D eigenvalue weighted by Crippen LogP contribution is -2.39. The van der Waals surface area contributed by atoms with Gasteiger partial charge in [0.1, 0.15) is 19.8 Å². The summed E-state index contributed by atoms with van der Waals surface area (Å²) in [5.74, 6) is 2.21. The van der Waals surface area contributed by atoms with Crippen molar-refractivity contribution in [1.82, 2.24) is 0 Å². The molecule has 0 saturated carbocycles. The van der Waals surface area contributed by atoms with Gasteiger partial charge < -0.3 is 18.9 Å². The van der Waals surface area contributed by atoms with E-state index in [1.165, 1.54) is 11.8 Å². The highest BCUT2D eigenvalue weighted by Gasteiger charge is 2.34. The fourth-order valence-corrected chi connectivity index (χ4v) is 3.33. The average molecular weight is 509 g/mol. The van der Waals surface area contributed by atoms with Crippen molar-refractivity contribution in [2.45, 2.75) is 39.0 Å². The molecule has 0 bridgehead atoms. The smallest absolute Gasteiger partial charge is 0.307 e. The summed E-state index contributed by atoms with van der Waals surface area (Å²) in [6, 6.07) is 0. The van der Waals surface area contributed by atoms with Gasteiger partial charge in [0.2, 0.25) is 0 Å². The summed E-state index contributed by atoms with van der Waals surface area (Å²) < 4.78 is 20.7. The minimum Gasteiger partial charge on any atom is -0.465 e. The van der Waals surface area contributed by atoms with Gasteiger partial charge in [0.25, 0.3) is 0 Å². The first kappa shape index (κ1) is 30.5. The van der Waals surface area contributed by atoms with Crippen molar-refractivity contribution in [3.05, 3.63) is 0 Å². The highest BCUT2D eigenvalue weighted by molar-refractivity contribution is 7.99. The Morgan fingerprint density at radius 3 is 1.56 bits per heavy atom. The van der Waals surface area contributed by atoms with Gasteiger partial charge in [-0.05, 0) is 6.42 Å². The molecule has 0 atom stereocenters. The summed E-state index contributed by atoms with van der Waals surface area (Å²) in [5.41, 5.74) is -0.845. The predicted molar refractivity (Wildman–Crippen MR) is 129 cm³/mol. The number of esters is 4. The normalized spacial score (nSPS) is 10.7. The number of hydrogen-bond donors (Lipinski definition) is 2. The number of ether oxygens (including phenoxy) is 4. The summed E-state index contributed by atoms with van der Waals surface area (Å²) in [7, 11) is 0. The molecule has 0 aliphatic rings. The molecule has 0 unspecified atom stereocenters. The summed E-state index contributed by atoms with van der Waals surface area (Å²) in [5, 5.41) is 0. The van der Waals surface area contributed by atoms with Crippen LogP contribution in [0.25, 0.3) is 0 Å². The third-order valence-corrected chi connectivity index (χ3v) is 5.65. The Morgan fingerprint density at radius 1 is 0.781 bits per heavy atom. The minimum absolute atomic E-state index is 0.0495. The summed E-state index contributed by atoms with van der Waals surface area (Å²) in [6.45, 7) is 1.62. The molecule has 0 spiro atoms. The van der Waals surface area contributed by atoms with Crippen molar-refractivity contribution in [3.8, 4) is 12.3 Å². The van der Waals surface area contributed by atoms with Crippen LogP contribution < -0.4 is 0 Å². The standard InChI is InChI=1S/C21H32O8S3/c1-3-9-26-19(24)7-12-32-13-8-20(25)29-16-21(4-2,14-27-17(22)5-10-30)15-28-18(23)6-11-31/h1,30-31H,4-16H2,2H3. The van der Waals surface area contributed by atoms with Crippen LogP contribution in [0.5, 0.6) is 0 Å². The SMILES string of the molecule is C#CCOC(=O)CCSCCC(=O)OCC(CC)(COC(=O)CCS)COC(=O)CCS. The second-order valence-corrected chi connectivity index (χ2v) is 8.88. The van der Waals surface area contributed by atoms with E-state index >= 15 is 0 Å². The van der Waals surface area contributed by atoms with Crippen molar-refractivity contribution in [2.24, 2.45) is 5.41 Å². The molecule has 0 rings (SSSR count). The van der Waals surface area contributed by atoms with Crippen LogP contribution in [-0.4, -0.2) is 73.3 Å². The van der Waals surface area contributed by atoms with Gasteiger partial charge >= 0.3 is 23.9 Å². The number of carbonyl (C=O) groups is 4. The number of hydrogen-bond acceptors (Lipinski definition) is 11. The van der Waals surface area contributed by atoms with Gasteiger partial charge in [-0.15, -0.1) is 6.42 Å². The topological polar surface area (TPSA) is 105 Å². The van der Waals surface area contributed by atoms with Crippen molar-refractivity contribution in [1.29, 1.82) is 0 Å². The number of carbonyl (C=O) groups excluding carboxylic acids is 4. The maximum absolute atomic E-state index is 12.1. The molecule has 0 aromatic carbocycles. The zero-order valence-corrected chi connectivity index (χ0v) is 20.9. The third kappa shape index (κ3) is 15.3. The first-order chi connectivity index (χ1) is 15.3. The maximum atomic E-state index is 12.1. The molecule has 0 saturated heterocycles. The van der Waals surface area contributed by atoms with E-state index in [1.807, 2.05) is 6.92 Å². The van der Waals surface area contributed by atoms with Crippen LogP contribution in [0.2, 0.25) is 0 Å². The van der Waals surface area contributed by atoms with Crippen LogP contribution in [0.4, 0.5) is 0 Å². The first-order valence-corrected chi connectivity index (χ1v) is 12.6. The molecular formula is C21H32O8S3. The highest BCUT2D eigenvalue weighted by Crippen LogP contribution is 2.25. The van der Waals surface area contributed by atoms with Crippen LogP contribution >= 0.6 is 37.0 Å². The minimum atomic E-state index is -0.845. The monoisotopic (exact) mass is 508 g/mol. The number of thioether (sulfide) groups is 1. The molecule has 0 aromatic rings. The molecule has 0 heterocycles. The van der Waals surface area contributed by atoms with Crippen molar-refractivity contribution < 1.29 is 38.1 Å². The van der Waals surface area contributed by atoms with Crippen molar-refractivity contribution >= 4 is 60.9 Å². The van der Waals surface area contributed by atoms with Gasteiger partial charge in [0, 0.05) is 23.0 Å². The first-order valence-electron chi connectivity index (χ1n) is 10.2. The Labute approximate surface area is 205 Å². The van der Waals surface area contributed by atoms with E-state index in [1.54, 1.807) is 0 Å². The van der Waals surface area contributed by atoms with Gasteiger partial charge in [-0.3, -0.25) is 19.2 Å². The van der Waals surface area contributed by atoms with Crippen molar-refractivity contribution in [2.75, 3.05) is 49.4 Å². The molecule has 0 N–H and O–H groups in total. The molecule has 0 aromatic heterocycles. The maximum Gasteiger partial charge on any atom is 0.307 e. The van der Waals surface area contributed by atoms with Gasteiger partial charge in [-0.2, -0.15) is 37.0 Å². The molecule has 182 valence electrons. The second-order valence-electron chi connectivity index (χ2n) is 6.76. The van der Waals surface area contributed by atoms with Crippen LogP contribution in [0.1, 0.15) is 39.0 Å². The zero-order chi connectivity index (χ0) is 24.2. The van der Waals surface area contributed by atoms with E-state index in [2.05, 4.69) is 31.2 Å². The molecule has 0 amide bonds. The van der Waals surface area contributed by atoms with E-state index in [-0.39, 0.29) is 58.1 Å². The van der Waals surface area contributed by atoms with E-state index in [0.29, 0.717) is 29.4 Å². The Kier molecular flexibility index (Phi) is 18.1. The zero-order valence-electron chi connectivity index (χ0n) is 18.3. The molecular weight excluding hydrogens is 476 g/mol. The second kappa shape index (κ2) is 19.0. The number of thiol groups is 2. The van der Waals surface area contributed by atoms with E-state index in [4.69, 9.17) is 25.4 Å². The van der Waals surface area contributed by atoms with Crippen LogP contribution in [0.3, 0.4) is 0 Å². The Bertz CT molecular complexity index is 611. The third-order valence-electron chi connectivity index (χ3n) is 4.22. The highest BCUT2D eigenvalue weighted by atomic mass is 32.2. The van der Waals surface area contributed by atoms with Gasteiger partial charge in [-0.1, -0.05) is 12.8 Å². The largest absolute Gasteiger partial charge is 0.465 e. The Balaban J connectivity index is 4.57. The molecule has 8 nitrogen and oxygen atoms in total. The summed E-state index contributed by atoms with van der Waals surface area (Å²) >= 11 is 9.41. The Morgan fingerprint density at radius 2 is 1.19 bits per heavy atom. The molecule has 0 fully saturated rings. The molecule has 0 aliphatic heterocycles. The summed E-state index contributed by atoms with van der Waals surface area (Å²) in [6.07, 6.45) is 6.11. The van der Waals surface area contributed by atoms with Crippen molar-refractivity contribution in [3.63, 3.8) is 0 Å². The van der Waals surface area contributed by atoms with Crippen LogP contribution in [0.15, 0.2) is 0 Å². The fourth-order valence-electron chi connectivity index (χ4n) is 2.14. The van der Waals surface area contributed by atoms with Crippen LogP contribution in [0, 0.1) is 17.8 Å². The molecule has 0 radical (unpaired) electrons.